The summed E-state index contributed by atoms with van der Waals surface area (Å²) < 4.78 is 0. The lowest BCUT2D eigenvalue weighted by atomic mass is 9.79. The van der Waals surface area contributed by atoms with E-state index in [0.29, 0.717) is 11.5 Å². The van der Waals surface area contributed by atoms with Gasteiger partial charge in [0, 0.05) is 11.5 Å². The highest BCUT2D eigenvalue weighted by Crippen LogP contribution is 2.36. The highest BCUT2D eigenvalue weighted by Gasteiger charge is 2.37. The summed E-state index contributed by atoms with van der Waals surface area (Å²) in [5, 5.41) is 19.2. The van der Waals surface area contributed by atoms with Gasteiger partial charge in [-0.25, -0.2) is 0 Å². The lowest BCUT2D eigenvalue weighted by Crippen LogP contribution is -2.34. The molecule has 0 aromatic heterocycles. The van der Waals surface area contributed by atoms with Gasteiger partial charge in [0.1, 0.15) is 0 Å². The quantitative estimate of drug-likeness (QED) is 0.0883. The number of hydrogen-bond acceptors (Lipinski definition) is 3. The van der Waals surface area contributed by atoms with Crippen LogP contribution in [0.15, 0.2) is 0 Å². The van der Waals surface area contributed by atoms with Crippen molar-refractivity contribution in [2.45, 2.75) is 174 Å². The molecule has 0 aromatic carbocycles. The maximum absolute atomic E-state index is 12.4. The van der Waals surface area contributed by atoms with Crippen LogP contribution in [0.1, 0.15) is 174 Å². The van der Waals surface area contributed by atoms with Crippen LogP contribution in [0, 0.1) is 5.41 Å². The Balaban J connectivity index is 4.29. The molecule has 0 aliphatic carbocycles. The average Bonchev–Trinajstić information content (AvgIpc) is 2.87. The first-order chi connectivity index (χ1) is 18.0. The zero-order chi connectivity index (χ0) is 27.5. The van der Waals surface area contributed by atoms with Crippen LogP contribution in [0.25, 0.3) is 0 Å². The molecule has 4 nitrogen and oxygen atoms in total. The minimum absolute atomic E-state index is 0.108. The fraction of sp³-hybridized carbons (Fsp3) is 0.938. The van der Waals surface area contributed by atoms with Gasteiger partial charge in [0.05, 0.1) is 11.8 Å². The number of carbonyl (C=O) groups is 2. The maximum atomic E-state index is 12.4. The third-order valence-electron chi connectivity index (χ3n) is 7.81. The predicted octanol–water partition coefficient (Wildman–Crippen LogP) is 10.7. The second-order valence-corrected chi connectivity index (χ2v) is 12.5. The van der Waals surface area contributed by atoms with Crippen molar-refractivity contribution in [1.82, 2.24) is 0 Å². The molecule has 0 aliphatic heterocycles. The third kappa shape index (κ3) is 22.9. The summed E-state index contributed by atoms with van der Waals surface area (Å²) in [6, 6.07) is 0. The van der Waals surface area contributed by atoms with Crippen LogP contribution in [0.5, 0.6) is 0 Å². The van der Waals surface area contributed by atoms with Gasteiger partial charge in [0.2, 0.25) is 0 Å². The molecule has 0 saturated carbocycles. The number of carboxylic acid groups (broad SMARTS) is 2. The smallest absolute Gasteiger partial charge is 0.310 e. The normalized spacial score (nSPS) is 13.0. The molecule has 0 rings (SSSR count). The zero-order valence-electron chi connectivity index (χ0n) is 24.7. The summed E-state index contributed by atoms with van der Waals surface area (Å²) in [4.78, 5) is 23.3. The second-order valence-electron chi connectivity index (χ2n) is 11.4. The van der Waals surface area contributed by atoms with Gasteiger partial charge in [-0.15, -0.1) is 0 Å². The molecule has 0 aromatic rings. The van der Waals surface area contributed by atoms with Gasteiger partial charge in [-0.05, 0) is 12.8 Å². The highest BCUT2D eigenvalue weighted by atomic mass is 32.2. The van der Waals surface area contributed by atoms with E-state index in [1.165, 1.54) is 127 Å². The zero-order valence-corrected chi connectivity index (χ0v) is 25.5. The van der Waals surface area contributed by atoms with E-state index in [0.717, 1.165) is 38.5 Å². The Morgan fingerprint density at radius 2 is 0.865 bits per heavy atom. The van der Waals surface area contributed by atoms with Gasteiger partial charge in [-0.1, -0.05) is 155 Å². The molecule has 0 aliphatic rings. The lowest BCUT2D eigenvalue weighted by molar-refractivity contribution is -0.148. The Labute approximate surface area is 234 Å². The fourth-order valence-corrected chi connectivity index (χ4v) is 6.49. The van der Waals surface area contributed by atoms with E-state index < -0.39 is 17.4 Å². The number of aliphatic carboxylic acids is 2. The first-order valence-electron chi connectivity index (χ1n) is 16.0. The molecule has 0 fully saturated rings. The molecule has 0 saturated heterocycles. The monoisotopic (exact) mass is 542 g/mol. The third-order valence-corrected chi connectivity index (χ3v) is 9.06. The molecule has 1 atom stereocenters. The van der Waals surface area contributed by atoms with Crippen LogP contribution < -0.4 is 0 Å². The number of hydrogen-bond donors (Lipinski definition) is 2. The number of thioether (sulfide) groups is 1. The standard InChI is InChI=1S/C32H62O4S/c1-3-5-7-9-11-13-15-16-18-20-22-24-27-32(31(35)36,29-37-28-25-30(33)34)26-23-21-19-17-14-12-10-8-6-4-2/h3-29H2,1-2H3,(H,33,34)(H,35,36). The van der Waals surface area contributed by atoms with E-state index in [2.05, 4.69) is 13.8 Å². The van der Waals surface area contributed by atoms with Crippen molar-refractivity contribution in [3.8, 4) is 0 Å². The summed E-state index contributed by atoms with van der Waals surface area (Å²) in [5.74, 6) is -0.426. The molecule has 0 spiro atoms. The topological polar surface area (TPSA) is 74.6 Å². The van der Waals surface area contributed by atoms with Gasteiger partial charge in [-0.2, -0.15) is 11.8 Å². The molecule has 2 N–H and O–H groups in total. The summed E-state index contributed by atoms with van der Waals surface area (Å²) in [5.41, 5.74) is -0.693. The van der Waals surface area contributed by atoms with Crippen LogP contribution in [0.4, 0.5) is 0 Å². The molecular formula is C32H62O4S. The molecule has 37 heavy (non-hydrogen) atoms. The highest BCUT2D eigenvalue weighted by molar-refractivity contribution is 7.99. The Morgan fingerprint density at radius 3 is 1.16 bits per heavy atom. The van der Waals surface area contributed by atoms with Crippen LogP contribution >= 0.6 is 11.8 Å². The van der Waals surface area contributed by atoms with E-state index in [1.54, 1.807) is 0 Å². The second kappa shape index (κ2) is 26.9. The van der Waals surface area contributed by atoms with Gasteiger partial charge >= 0.3 is 11.9 Å². The Hall–Kier alpha value is -0.710. The van der Waals surface area contributed by atoms with Crippen molar-refractivity contribution in [2.75, 3.05) is 11.5 Å². The van der Waals surface area contributed by atoms with Crippen molar-refractivity contribution < 1.29 is 19.8 Å². The van der Waals surface area contributed by atoms with Gasteiger partial charge < -0.3 is 10.2 Å². The molecular weight excluding hydrogens is 480 g/mol. The van der Waals surface area contributed by atoms with E-state index in [4.69, 9.17) is 5.11 Å². The maximum Gasteiger partial charge on any atom is 0.310 e. The van der Waals surface area contributed by atoms with Crippen molar-refractivity contribution in [2.24, 2.45) is 5.41 Å². The first-order valence-corrected chi connectivity index (χ1v) is 17.2. The van der Waals surface area contributed by atoms with E-state index >= 15 is 0 Å². The predicted molar refractivity (Wildman–Crippen MR) is 162 cm³/mol. The first kappa shape index (κ1) is 36.3. The minimum atomic E-state index is -0.802. The summed E-state index contributed by atoms with van der Waals surface area (Å²) >= 11 is 1.52. The van der Waals surface area contributed by atoms with E-state index in [9.17, 15) is 14.7 Å². The van der Waals surface area contributed by atoms with E-state index in [-0.39, 0.29) is 6.42 Å². The van der Waals surface area contributed by atoms with Crippen LogP contribution in [-0.2, 0) is 9.59 Å². The largest absolute Gasteiger partial charge is 0.481 e. The minimum Gasteiger partial charge on any atom is -0.481 e. The molecule has 0 amide bonds. The molecule has 1 unspecified atom stereocenters. The van der Waals surface area contributed by atoms with Crippen LogP contribution in [-0.4, -0.2) is 33.7 Å². The van der Waals surface area contributed by atoms with Gasteiger partial charge in [-0.3, -0.25) is 9.59 Å². The average molecular weight is 543 g/mol. The SMILES string of the molecule is CCCCCCCCCCCCCCC(CCCCCCCCCCCC)(CSCCC(=O)O)C(=O)O. The molecule has 5 heteroatoms. The number of unbranched alkanes of at least 4 members (excludes halogenated alkanes) is 20. The Morgan fingerprint density at radius 1 is 0.541 bits per heavy atom. The van der Waals surface area contributed by atoms with Crippen molar-refractivity contribution in [3.63, 3.8) is 0 Å². The lowest BCUT2D eigenvalue weighted by Gasteiger charge is -2.29. The van der Waals surface area contributed by atoms with Crippen molar-refractivity contribution in [3.05, 3.63) is 0 Å². The Bertz CT molecular complexity index is 525. The Kier molecular flexibility index (Phi) is 26.4. The fourth-order valence-electron chi connectivity index (χ4n) is 5.23. The number of rotatable bonds is 30. The molecule has 220 valence electrons. The van der Waals surface area contributed by atoms with Crippen LogP contribution in [0.3, 0.4) is 0 Å². The van der Waals surface area contributed by atoms with Gasteiger partial charge in [0.15, 0.2) is 0 Å². The number of carboxylic acids is 2. The van der Waals surface area contributed by atoms with Crippen molar-refractivity contribution >= 4 is 23.7 Å². The van der Waals surface area contributed by atoms with E-state index in [1.807, 2.05) is 0 Å². The van der Waals surface area contributed by atoms with Crippen molar-refractivity contribution in [1.29, 1.82) is 0 Å². The molecule has 0 heterocycles. The summed E-state index contributed by atoms with van der Waals surface area (Å²) in [6.07, 6.45) is 29.5. The summed E-state index contributed by atoms with van der Waals surface area (Å²) in [6.45, 7) is 4.51. The van der Waals surface area contributed by atoms with Gasteiger partial charge in [0.25, 0.3) is 0 Å². The summed E-state index contributed by atoms with van der Waals surface area (Å²) in [7, 11) is 0. The molecule has 0 radical (unpaired) electrons. The van der Waals surface area contributed by atoms with Crippen LogP contribution in [0.2, 0.25) is 0 Å². The molecule has 0 bridgehead atoms.